The summed E-state index contributed by atoms with van der Waals surface area (Å²) < 4.78 is 54.8. The summed E-state index contributed by atoms with van der Waals surface area (Å²) in [6.45, 7) is 0.165. The van der Waals surface area contributed by atoms with E-state index >= 15 is 0 Å². The van der Waals surface area contributed by atoms with Gasteiger partial charge in [0.05, 0.1) is 29.1 Å². The van der Waals surface area contributed by atoms with Crippen LogP contribution in [0.3, 0.4) is 0 Å². The molecule has 2 aromatic rings. The van der Waals surface area contributed by atoms with E-state index in [0.717, 1.165) is 11.1 Å². The number of alkyl halides is 1. The third kappa shape index (κ3) is 29.7. The molecule has 0 bridgehead atoms. The fourth-order valence-corrected chi connectivity index (χ4v) is 2.80. The second-order valence-corrected chi connectivity index (χ2v) is 8.46. The molecule has 0 unspecified atom stereocenters. The molecule has 0 atom stereocenters. The average molecular weight is 563 g/mol. The van der Waals surface area contributed by atoms with Crippen LogP contribution in [0.25, 0.3) is 0 Å². The van der Waals surface area contributed by atoms with E-state index in [4.69, 9.17) is 4.74 Å². The molecule has 2 rings (SSSR count). The summed E-state index contributed by atoms with van der Waals surface area (Å²) in [6.07, 6.45) is 0. The molecular weight excluding hydrogens is 541 g/mol. The molecule has 0 amide bonds. The molecule has 31 heavy (non-hydrogen) atoms. The Morgan fingerprint density at radius 2 is 1.32 bits per heavy atom. The van der Waals surface area contributed by atoms with E-state index in [1.165, 1.54) is 0 Å². The number of ether oxygens (including phenoxy) is 1. The van der Waals surface area contributed by atoms with E-state index < -0.39 is 26.6 Å². The zero-order valence-electron chi connectivity index (χ0n) is 18.1. The zero-order chi connectivity index (χ0) is 21.3. The summed E-state index contributed by atoms with van der Waals surface area (Å²) in [4.78, 5) is 0. The first-order valence-corrected chi connectivity index (χ1v) is 12.0. The van der Waals surface area contributed by atoms with E-state index in [1.54, 1.807) is 0 Å². The Balaban J connectivity index is -0.000000185. The van der Waals surface area contributed by atoms with E-state index in [9.17, 15) is 26.5 Å². The molecule has 0 aliphatic rings. The van der Waals surface area contributed by atoms with Gasteiger partial charge in [0.25, 0.3) is 0 Å². The van der Waals surface area contributed by atoms with Gasteiger partial charge in [-0.25, -0.2) is 8.42 Å². The Kier molecular flexibility index (Phi) is 33.9. The van der Waals surface area contributed by atoms with Gasteiger partial charge in [-0.3, -0.25) is 0 Å². The van der Waals surface area contributed by atoms with Gasteiger partial charge in [-0.2, -0.15) is 0 Å². The second kappa shape index (κ2) is 26.3. The van der Waals surface area contributed by atoms with Crippen LogP contribution in [-0.4, -0.2) is 36.4 Å². The Morgan fingerprint density at radius 3 is 1.61 bits per heavy atom. The van der Waals surface area contributed by atoms with E-state index in [-0.39, 0.29) is 108 Å². The van der Waals surface area contributed by atoms with Crippen LogP contribution >= 0.6 is 15.9 Å². The van der Waals surface area contributed by atoms with Crippen molar-refractivity contribution in [3.05, 3.63) is 71.8 Å². The molecule has 0 saturated carbocycles. The van der Waals surface area contributed by atoms with Crippen LogP contribution < -0.4 is 93.8 Å². The monoisotopic (exact) mass is 562 g/mol. The maximum absolute atomic E-state index is 10.2. The van der Waals surface area contributed by atoms with Crippen molar-refractivity contribution in [2.45, 2.75) is 13.2 Å². The largest absolute Gasteiger partial charge is 1.00 e. The van der Waals surface area contributed by atoms with Gasteiger partial charge in [-0.1, -0.05) is 98.6 Å². The molecule has 0 saturated heterocycles. The van der Waals surface area contributed by atoms with Gasteiger partial charge in [0.2, 0.25) is 0 Å². The maximum Gasteiger partial charge on any atom is 1.00 e. The first-order chi connectivity index (χ1) is 13.3. The third-order valence-corrected chi connectivity index (χ3v) is 4.97. The van der Waals surface area contributed by atoms with Crippen molar-refractivity contribution in [3.8, 4) is 0 Å². The van der Waals surface area contributed by atoms with Crippen molar-refractivity contribution >= 4 is 36.8 Å². The van der Waals surface area contributed by atoms with Crippen LogP contribution in [0.15, 0.2) is 60.7 Å². The van der Waals surface area contributed by atoms with Gasteiger partial charge in [-0.05, 0) is 10.9 Å². The van der Waals surface area contributed by atoms with Crippen LogP contribution in [0.1, 0.15) is 11.1 Å². The molecule has 0 aromatic heterocycles. The fraction of sp³-hybridized carbons (Fsp3) is 0.333. The fourth-order valence-electron chi connectivity index (χ4n) is 1.56. The van der Waals surface area contributed by atoms with Crippen molar-refractivity contribution < 1.29 is 120 Å². The molecule has 0 N–H and O–H groups in total. The molecular formula is C18H22BrNa3O7S2. The van der Waals surface area contributed by atoms with Crippen LogP contribution in [0, 0.1) is 0 Å². The van der Waals surface area contributed by atoms with Crippen molar-refractivity contribution in [1.82, 2.24) is 0 Å². The summed E-state index contributed by atoms with van der Waals surface area (Å²) >= 11 is 2.96. The number of rotatable bonds is 8. The van der Waals surface area contributed by atoms with Crippen molar-refractivity contribution in [1.29, 1.82) is 0 Å². The van der Waals surface area contributed by atoms with Crippen molar-refractivity contribution in [2.24, 2.45) is 0 Å². The van der Waals surface area contributed by atoms with Gasteiger partial charge >= 0.3 is 88.7 Å². The minimum Gasteiger partial charge on any atom is -0.851 e. The number of hydrogen-bond donors (Lipinski definition) is 0. The van der Waals surface area contributed by atoms with Crippen LogP contribution in [0.4, 0.5) is 0 Å². The maximum atomic E-state index is 10.2. The molecule has 0 radical (unpaired) electrons. The Hall–Kier alpha value is 1.70. The molecule has 13 heteroatoms. The van der Waals surface area contributed by atoms with Crippen molar-refractivity contribution in [2.75, 3.05) is 23.4 Å². The van der Waals surface area contributed by atoms with Crippen LogP contribution in [0.5, 0.6) is 0 Å². The standard InChI is InChI=1S/C9H12O4S.C7H7O.C2H4BrO2S.3Na/c10-14(11,12)7-6-13-8-9-4-2-1-3-5-9;8-6-7-4-2-1-3-5-7;3-1-2-6(4)5;;;/h1-5H,6-8H2,(H,10,11,12);1-5H,6H2;1-2H2;;;/q;2*-1;3*+1/p-1. The van der Waals surface area contributed by atoms with Gasteiger partial charge in [-0.15, -0.1) is 6.61 Å². The number of benzene rings is 2. The van der Waals surface area contributed by atoms with Gasteiger partial charge in [0.1, 0.15) is 0 Å². The van der Waals surface area contributed by atoms with E-state index in [1.807, 2.05) is 60.7 Å². The summed E-state index contributed by atoms with van der Waals surface area (Å²) in [5.41, 5.74) is 1.81. The second-order valence-electron chi connectivity index (χ2n) is 5.13. The normalized spacial score (nSPS) is 9.42. The summed E-state index contributed by atoms with van der Waals surface area (Å²) in [7, 11) is -6.02. The minimum absolute atomic E-state index is 0. The molecule has 2 aromatic carbocycles. The predicted molar refractivity (Wildman–Crippen MR) is 108 cm³/mol. The third-order valence-electron chi connectivity index (χ3n) is 2.84. The zero-order valence-corrected chi connectivity index (χ0v) is 27.3. The Morgan fingerprint density at radius 1 is 0.871 bits per heavy atom. The predicted octanol–water partition coefficient (Wildman–Crippen LogP) is -7.00. The smallest absolute Gasteiger partial charge is 0.851 e. The summed E-state index contributed by atoms with van der Waals surface area (Å²) in [5, 5.41) is 10.7. The van der Waals surface area contributed by atoms with E-state index in [2.05, 4.69) is 15.9 Å². The summed E-state index contributed by atoms with van der Waals surface area (Å²) in [5.74, 6) is -0.264. The average Bonchev–Trinajstić information content (AvgIpc) is 2.67. The topological polar surface area (TPSA) is 124 Å². The van der Waals surface area contributed by atoms with Crippen LogP contribution in [-0.2, 0) is 47.2 Å². The molecule has 0 heterocycles. The molecule has 7 nitrogen and oxygen atoms in total. The van der Waals surface area contributed by atoms with Gasteiger partial charge in [0.15, 0.2) is 0 Å². The molecule has 0 aliphatic carbocycles. The Labute approximate surface area is 261 Å². The Bertz CT molecular complexity index is 801. The molecule has 0 aliphatic heterocycles. The molecule has 0 fully saturated rings. The first kappa shape index (κ1) is 39.9. The van der Waals surface area contributed by atoms with Crippen molar-refractivity contribution in [3.63, 3.8) is 0 Å². The summed E-state index contributed by atoms with van der Waals surface area (Å²) in [6, 6.07) is 18.6. The van der Waals surface area contributed by atoms with E-state index in [0.29, 0.717) is 11.9 Å². The quantitative estimate of drug-likeness (QED) is 0.103. The molecule has 0 spiro atoms. The van der Waals surface area contributed by atoms with Gasteiger partial charge in [0, 0.05) is 0 Å². The molecule has 158 valence electrons. The first-order valence-electron chi connectivity index (χ1n) is 8.07. The van der Waals surface area contributed by atoms with Crippen LogP contribution in [0.2, 0.25) is 0 Å². The minimum atomic E-state index is -4.15. The number of halogens is 1. The van der Waals surface area contributed by atoms with Gasteiger partial charge < -0.3 is 22.8 Å². The SMILES string of the molecule is O=S(=O)([O-])CCOCc1ccccc1.O=[S-](=O)CCBr.[Na+].[Na+].[Na+].[O-]Cc1ccccc1. The number of hydrogen-bond acceptors (Lipinski definition) is 8.